The van der Waals surface area contributed by atoms with E-state index in [4.69, 9.17) is 4.74 Å². The quantitative estimate of drug-likeness (QED) is 0.487. The lowest BCUT2D eigenvalue weighted by molar-refractivity contribution is -0.122. The number of nitrogens with one attached hydrogen (secondary N) is 1. The molecule has 1 saturated heterocycles. The van der Waals surface area contributed by atoms with Crippen LogP contribution in [0.3, 0.4) is 0 Å². The smallest absolute Gasteiger partial charge is 0.410 e. The van der Waals surface area contributed by atoms with Gasteiger partial charge in [0.1, 0.15) is 6.61 Å². The minimum Gasteiger partial charge on any atom is -0.445 e. The number of carbonyl (C=O) groups is 2. The summed E-state index contributed by atoms with van der Waals surface area (Å²) in [5.74, 6) is 0.389. The van der Waals surface area contributed by atoms with E-state index >= 15 is 0 Å². The zero-order valence-corrected chi connectivity index (χ0v) is 19.3. The summed E-state index contributed by atoms with van der Waals surface area (Å²) in [4.78, 5) is 26.5. The summed E-state index contributed by atoms with van der Waals surface area (Å²) in [5.41, 5.74) is 5.46. The Hall–Kier alpha value is -3.60. The first-order chi connectivity index (χ1) is 16.7. The second-order valence-electron chi connectivity index (χ2n) is 9.21. The Kier molecular flexibility index (Phi) is 6.61. The van der Waals surface area contributed by atoms with Crippen molar-refractivity contribution in [3.05, 3.63) is 95.6 Å². The molecule has 174 valence electrons. The van der Waals surface area contributed by atoms with Gasteiger partial charge in [0.2, 0.25) is 5.91 Å². The van der Waals surface area contributed by atoms with E-state index in [1.165, 1.54) is 0 Å². The van der Waals surface area contributed by atoms with E-state index < -0.39 is 0 Å². The van der Waals surface area contributed by atoms with Crippen LogP contribution >= 0.6 is 0 Å². The van der Waals surface area contributed by atoms with Gasteiger partial charge < -0.3 is 15.0 Å². The maximum Gasteiger partial charge on any atom is 0.410 e. The van der Waals surface area contributed by atoms with Gasteiger partial charge in [0.15, 0.2) is 0 Å². The zero-order valence-electron chi connectivity index (χ0n) is 19.3. The molecule has 0 unspecified atom stereocenters. The Bertz CT molecular complexity index is 1140. The summed E-state index contributed by atoms with van der Waals surface area (Å²) in [6.45, 7) is 1.57. The van der Waals surface area contributed by atoms with Crippen LogP contribution in [0.5, 0.6) is 0 Å². The van der Waals surface area contributed by atoms with Gasteiger partial charge in [-0.25, -0.2) is 4.79 Å². The molecule has 3 aromatic carbocycles. The molecule has 0 spiro atoms. The fraction of sp³-hybridized carbons (Fsp3) is 0.310. The largest absolute Gasteiger partial charge is 0.445 e. The summed E-state index contributed by atoms with van der Waals surface area (Å²) >= 11 is 0. The van der Waals surface area contributed by atoms with E-state index in [1.807, 2.05) is 47.4 Å². The van der Waals surface area contributed by atoms with Gasteiger partial charge in [-0.15, -0.1) is 0 Å². The molecule has 1 heterocycles. The van der Waals surface area contributed by atoms with Gasteiger partial charge in [-0.2, -0.15) is 0 Å². The summed E-state index contributed by atoms with van der Waals surface area (Å²) in [6, 6.07) is 26.6. The summed E-state index contributed by atoms with van der Waals surface area (Å²) in [5, 5.41) is 3.03. The first-order valence-electron chi connectivity index (χ1n) is 12.1. The van der Waals surface area contributed by atoms with Gasteiger partial charge in [0, 0.05) is 19.0 Å². The molecule has 0 bridgehead atoms. The Morgan fingerprint density at radius 3 is 2.38 bits per heavy atom. The van der Waals surface area contributed by atoms with Gasteiger partial charge >= 0.3 is 6.09 Å². The average Bonchev–Trinajstić information content (AvgIpc) is 3.63. The number of benzene rings is 3. The first kappa shape index (κ1) is 22.2. The fourth-order valence-corrected chi connectivity index (χ4v) is 4.57. The zero-order chi connectivity index (χ0) is 23.3. The highest BCUT2D eigenvalue weighted by Crippen LogP contribution is 2.34. The number of rotatable bonds is 7. The number of ether oxygens (including phenoxy) is 1. The summed E-state index contributed by atoms with van der Waals surface area (Å²) in [6.07, 6.45) is 3.69. The monoisotopic (exact) mass is 454 g/mol. The summed E-state index contributed by atoms with van der Waals surface area (Å²) in [7, 11) is 0. The molecule has 1 atom stereocenters. The average molecular weight is 455 g/mol. The van der Waals surface area contributed by atoms with E-state index in [1.54, 1.807) is 0 Å². The molecular formula is C29H30N2O3. The number of amides is 2. The molecule has 34 heavy (non-hydrogen) atoms. The van der Waals surface area contributed by atoms with Crippen LogP contribution in [0, 0.1) is 5.92 Å². The van der Waals surface area contributed by atoms with Crippen LogP contribution in [0.25, 0.3) is 11.1 Å². The number of hydrogen-bond donors (Lipinski definition) is 1. The van der Waals surface area contributed by atoms with Crippen LogP contribution in [0.4, 0.5) is 4.79 Å². The molecule has 1 aliphatic heterocycles. The number of carbonyl (C=O) groups excluding carboxylic acids is 2. The van der Waals surface area contributed by atoms with Crippen molar-refractivity contribution >= 4 is 12.0 Å². The second-order valence-corrected chi connectivity index (χ2v) is 9.21. The lowest BCUT2D eigenvalue weighted by atomic mass is 9.98. The van der Waals surface area contributed by atoms with Gasteiger partial charge in [0.25, 0.3) is 0 Å². The van der Waals surface area contributed by atoms with Crippen LogP contribution in [0.1, 0.15) is 48.4 Å². The molecule has 1 N–H and O–H groups in total. The van der Waals surface area contributed by atoms with Gasteiger partial charge in [-0.05, 0) is 59.6 Å². The van der Waals surface area contributed by atoms with Crippen molar-refractivity contribution < 1.29 is 14.3 Å². The normalized spacial score (nSPS) is 17.4. The number of likely N-dealkylation sites (tertiary alicyclic amines) is 1. The van der Waals surface area contributed by atoms with Crippen molar-refractivity contribution in [2.24, 2.45) is 5.92 Å². The standard InChI is InChI=1S/C29H30N2O3/c32-28(25-15-16-25)30-19-22-8-4-9-26(18-22)23-11-13-24(14-12-23)27-10-5-17-31(27)29(33)34-20-21-6-2-1-3-7-21/h1-4,6-9,11-14,18,25,27H,5,10,15-17,19-20H2,(H,30,32)/t27-/m0/s1. The lowest BCUT2D eigenvalue weighted by Crippen LogP contribution is -2.31. The topological polar surface area (TPSA) is 58.6 Å². The number of nitrogens with zero attached hydrogens (tertiary/aromatic N) is 1. The van der Waals surface area contributed by atoms with E-state index in [2.05, 4.69) is 41.7 Å². The van der Waals surface area contributed by atoms with Crippen LogP contribution < -0.4 is 5.32 Å². The van der Waals surface area contributed by atoms with E-state index in [-0.39, 0.29) is 24.0 Å². The maximum absolute atomic E-state index is 12.8. The highest BCUT2D eigenvalue weighted by molar-refractivity contribution is 5.80. The molecule has 5 rings (SSSR count). The minimum atomic E-state index is -0.253. The lowest BCUT2D eigenvalue weighted by Gasteiger charge is -2.24. The van der Waals surface area contributed by atoms with Gasteiger partial charge in [-0.3, -0.25) is 4.79 Å². The van der Waals surface area contributed by atoms with Crippen molar-refractivity contribution in [3.63, 3.8) is 0 Å². The van der Waals surface area contributed by atoms with Gasteiger partial charge in [-0.1, -0.05) is 72.8 Å². The minimum absolute atomic E-state index is 0.0429. The molecule has 2 aliphatic rings. The Labute approximate surface area is 200 Å². The fourth-order valence-electron chi connectivity index (χ4n) is 4.57. The predicted molar refractivity (Wildman–Crippen MR) is 132 cm³/mol. The molecule has 1 saturated carbocycles. The van der Waals surface area contributed by atoms with Crippen molar-refractivity contribution in [2.45, 2.75) is 44.9 Å². The molecular weight excluding hydrogens is 424 g/mol. The predicted octanol–water partition coefficient (Wildman–Crippen LogP) is 5.85. The van der Waals surface area contributed by atoms with Crippen molar-refractivity contribution in [1.82, 2.24) is 10.2 Å². The Morgan fingerprint density at radius 1 is 0.853 bits per heavy atom. The molecule has 3 aromatic rings. The molecule has 0 radical (unpaired) electrons. The van der Waals surface area contributed by atoms with Crippen molar-refractivity contribution in [3.8, 4) is 11.1 Å². The van der Waals surface area contributed by atoms with E-state index in [0.717, 1.165) is 53.5 Å². The van der Waals surface area contributed by atoms with E-state index in [0.29, 0.717) is 19.7 Å². The Morgan fingerprint density at radius 2 is 1.62 bits per heavy atom. The van der Waals surface area contributed by atoms with Crippen LogP contribution in [-0.2, 0) is 22.7 Å². The van der Waals surface area contributed by atoms with Crippen LogP contribution in [0.15, 0.2) is 78.9 Å². The third kappa shape index (κ3) is 5.30. The number of hydrogen-bond acceptors (Lipinski definition) is 3. The highest BCUT2D eigenvalue weighted by Gasteiger charge is 2.31. The van der Waals surface area contributed by atoms with E-state index in [9.17, 15) is 9.59 Å². The molecule has 5 nitrogen and oxygen atoms in total. The maximum atomic E-state index is 12.8. The van der Waals surface area contributed by atoms with Crippen LogP contribution in [0.2, 0.25) is 0 Å². The third-order valence-electron chi connectivity index (χ3n) is 6.66. The summed E-state index contributed by atoms with van der Waals surface area (Å²) < 4.78 is 5.59. The second kappa shape index (κ2) is 10.1. The third-order valence-corrected chi connectivity index (χ3v) is 6.66. The molecule has 5 heteroatoms. The first-order valence-corrected chi connectivity index (χ1v) is 12.1. The van der Waals surface area contributed by atoms with Gasteiger partial charge in [0.05, 0.1) is 6.04 Å². The SMILES string of the molecule is O=C(NCc1cccc(-c2ccc([C@@H]3CCCN3C(=O)OCc3ccccc3)cc2)c1)C1CC1. The van der Waals surface area contributed by atoms with Crippen molar-refractivity contribution in [2.75, 3.05) is 6.54 Å². The molecule has 0 aromatic heterocycles. The van der Waals surface area contributed by atoms with Crippen molar-refractivity contribution in [1.29, 1.82) is 0 Å². The molecule has 2 amide bonds. The molecule has 2 fully saturated rings. The molecule has 1 aliphatic carbocycles. The van der Waals surface area contributed by atoms with Crippen LogP contribution in [-0.4, -0.2) is 23.4 Å². The highest BCUT2D eigenvalue weighted by atomic mass is 16.6. The Balaban J connectivity index is 1.22.